The Hall–Kier alpha value is -2.24. The molecule has 7 heteroatoms. The minimum absolute atomic E-state index is 0.0889. The molecule has 0 fully saturated rings. The van der Waals surface area contributed by atoms with Gasteiger partial charge < -0.3 is 15.4 Å². The zero-order valence-electron chi connectivity index (χ0n) is 16.1. The molecule has 2 aromatic carbocycles. The van der Waals surface area contributed by atoms with Gasteiger partial charge in [0.05, 0.1) is 11.6 Å². The van der Waals surface area contributed by atoms with Gasteiger partial charge >= 0.3 is 0 Å². The van der Waals surface area contributed by atoms with Crippen LogP contribution in [0.1, 0.15) is 33.6 Å². The van der Waals surface area contributed by atoms with E-state index in [9.17, 15) is 9.59 Å². The molecular weight excluding hydrogens is 399 g/mol. The first kappa shape index (κ1) is 22.1. The average Bonchev–Trinajstić information content (AvgIpc) is 2.59. The molecule has 150 valence electrons. The van der Waals surface area contributed by atoms with Crippen LogP contribution in [0.2, 0.25) is 10.0 Å². The number of halogens is 2. The van der Waals surface area contributed by atoms with Gasteiger partial charge in [-0.1, -0.05) is 50.0 Å². The Labute approximate surface area is 175 Å². The summed E-state index contributed by atoms with van der Waals surface area (Å²) in [5, 5.41) is 6.64. The first-order chi connectivity index (χ1) is 13.1. The lowest BCUT2D eigenvalue weighted by Gasteiger charge is -2.18. The number of hydrogen-bond acceptors (Lipinski definition) is 3. The van der Waals surface area contributed by atoms with Crippen molar-refractivity contribution < 1.29 is 14.3 Å². The van der Waals surface area contributed by atoms with Crippen LogP contribution in [0.15, 0.2) is 42.5 Å². The van der Waals surface area contributed by atoms with E-state index in [4.69, 9.17) is 27.9 Å². The molecule has 0 bridgehead atoms. The van der Waals surface area contributed by atoms with E-state index in [2.05, 4.69) is 10.6 Å². The van der Waals surface area contributed by atoms with Gasteiger partial charge in [0.15, 0.2) is 0 Å². The summed E-state index contributed by atoms with van der Waals surface area (Å²) in [5.74, 6) is 0.313. The van der Waals surface area contributed by atoms with Gasteiger partial charge in [0.1, 0.15) is 5.75 Å². The summed E-state index contributed by atoms with van der Waals surface area (Å²) < 4.78 is 5.57. The van der Waals surface area contributed by atoms with Crippen molar-refractivity contribution in [3.05, 3.63) is 52.5 Å². The van der Waals surface area contributed by atoms with Crippen molar-refractivity contribution in [2.24, 2.45) is 5.41 Å². The minimum Gasteiger partial charge on any atom is -0.492 e. The predicted molar refractivity (Wildman–Crippen MR) is 114 cm³/mol. The highest BCUT2D eigenvalue weighted by molar-refractivity contribution is 6.35. The summed E-state index contributed by atoms with van der Waals surface area (Å²) in [4.78, 5) is 24.2. The second-order valence-electron chi connectivity index (χ2n) is 7.36. The molecule has 5 nitrogen and oxygen atoms in total. The van der Waals surface area contributed by atoms with E-state index in [1.165, 1.54) is 0 Å². The van der Waals surface area contributed by atoms with E-state index in [1.807, 2.05) is 20.8 Å². The summed E-state index contributed by atoms with van der Waals surface area (Å²) in [7, 11) is 0. The predicted octanol–water partition coefficient (Wildman–Crippen LogP) is 5.78. The van der Waals surface area contributed by atoms with Gasteiger partial charge in [0, 0.05) is 28.2 Å². The van der Waals surface area contributed by atoms with Gasteiger partial charge in [0.25, 0.3) is 0 Å². The summed E-state index contributed by atoms with van der Waals surface area (Å²) in [6, 6.07) is 12.1. The lowest BCUT2D eigenvalue weighted by atomic mass is 9.95. The SMILES string of the molecule is CC(C)(C)C(=O)Nc1cccc(NC(=O)CCCOc2ccc(Cl)cc2Cl)c1. The number of benzene rings is 2. The van der Waals surface area contributed by atoms with Crippen molar-refractivity contribution in [2.75, 3.05) is 17.2 Å². The highest BCUT2D eigenvalue weighted by atomic mass is 35.5. The summed E-state index contributed by atoms with van der Waals surface area (Å²) in [6.07, 6.45) is 0.828. The Morgan fingerprint density at radius 1 is 1.00 bits per heavy atom. The number of hydrogen-bond donors (Lipinski definition) is 2. The molecule has 0 aliphatic rings. The molecule has 2 rings (SSSR count). The Kier molecular flexibility index (Phi) is 7.72. The summed E-state index contributed by atoms with van der Waals surface area (Å²) >= 11 is 11.9. The maximum absolute atomic E-state index is 12.1. The zero-order valence-corrected chi connectivity index (χ0v) is 17.7. The van der Waals surface area contributed by atoms with Gasteiger partial charge in [-0.25, -0.2) is 0 Å². The highest BCUT2D eigenvalue weighted by Crippen LogP contribution is 2.27. The first-order valence-electron chi connectivity index (χ1n) is 8.94. The van der Waals surface area contributed by atoms with Gasteiger partial charge in [-0.05, 0) is 42.8 Å². The third-order valence-electron chi connectivity index (χ3n) is 3.79. The molecule has 0 aromatic heterocycles. The molecule has 2 amide bonds. The number of nitrogens with one attached hydrogen (secondary N) is 2. The van der Waals surface area contributed by atoms with Crippen LogP contribution < -0.4 is 15.4 Å². The van der Waals surface area contributed by atoms with Crippen molar-refractivity contribution >= 4 is 46.4 Å². The third-order valence-corrected chi connectivity index (χ3v) is 4.32. The average molecular weight is 423 g/mol. The lowest BCUT2D eigenvalue weighted by molar-refractivity contribution is -0.123. The van der Waals surface area contributed by atoms with E-state index < -0.39 is 5.41 Å². The van der Waals surface area contributed by atoms with Crippen LogP contribution in [-0.4, -0.2) is 18.4 Å². The Balaban J connectivity index is 1.80. The van der Waals surface area contributed by atoms with E-state index in [-0.39, 0.29) is 11.8 Å². The first-order valence-corrected chi connectivity index (χ1v) is 9.70. The Bertz CT molecular complexity index is 848. The minimum atomic E-state index is -0.494. The number of ether oxygens (including phenoxy) is 1. The molecule has 0 atom stereocenters. The maximum atomic E-state index is 12.1. The van der Waals surface area contributed by atoms with Gasteiger partial charge in [-0.3, -0.25) is 9.59 Å². The van der Waals surface area contributed by atoms with E-state index in [0.29, 0.717) is 46.6 Å². The fourth-order valence-electron chi connectivity index (χ4n) is 2.22. The summed E-state index contributed by atoms with van der Waals surface area (Å²) in [6.45, 7) is 5.88. The number of carbonyl (C=O) groups excluding carboxylic acids is 2. The second kappa shape index (κ2) is 9.80. The highest BCUT2D eigenvalue weighted by Gasteiger charge is 2.21. The van der Waals surface area contributed by atoms with Crippen LogP contribution in [-0.2, 0) is 9.59 Å². The molecule has 0 radical (unpaired) electrons. The lowest BCUT2D eigenvalue weighted by Crippen LogP contribution is -2.27. The number of carbonyl (C=O) groups is 2. The van der Waals surface area contributed by atoms with E-state index >= 15 is 0 Å². The van der Waals surface area contributed by atoms with E-state index in [1.54, 1.807) is 42.5 Å². The number of anilines is 2. The van der Waals surface area contributed by atoms with Crippen LogP contribution in [0.4, 0.5) is 11.4 Å². The maximum Gasteiger partial charge on any atom is 0.229 e. The topological polar surface area (TPSA) is 67.4 Å². The number of rotatable bonds is 7. The molecule has 0 saturated heterocycles. The fraction of sp³-hybridized carbons (Fsp3) is 0.333. The standard InChI is InChI=1S/C21H24Cl2N2O3/c1-21(2,3)20(27)25-16-7-4-6-15(13-16)24-19(26)8-5-11-28-18-10-9-14(22)12-17(18)23/h4,6-7,9-10,12-13H,5,8,11H2,1-3H3,(H,24,26)(H,25,27). The molecule has 0 heterocycles. The molecule has 0 aliphatic heterocycles. The van der Waals surface area contributed by atoms with Crippen LogP contribution in [0, 0.1) is 5.41 Å². The molecule has 0 saturated carbocycles. The number of amides is 2. The normalized spacial score (nSPS) is 11.0. The van der Waals surface area contributed by atoms with Gasteiger partial charge in [-0.2, -0.15) is 0 Å². The smallest absolute Gasteiger partial charge is 0.229 e. The van der Waals surface area contributed by atoms with E-state index in [0.717, 1.165) is 0 Å². The monoisotopic (exact) mass is 422 g/mol. The fourth-order valence-corrected chi connectivity index (χ4v) is 2.69. The Morgan fingerprint density at radius 2 is 1.68 bits per heavy atom. The van der Waals surface area contributed by atoms with Crippen LogP contribution in [0.3, 0.4) is 0 Å². The van der Waals surface area contributed by atoms with Crippen molar-refractivity contribution in [1.29, 1.82) is 0 Å². The van der Waals surface area contributed by atoms with Crippen molar-refractivity contribution in [1.82, 2.24) is 0 Å². The summed E-state index contributed by atoms with van der Waals surface area (Å²) in [5.41, 5.74) is 0.767. The molecule has 0 aliphatic carbocycles. The second-order valence-corrected chi connectivity index (χ2v) is 8.20. The zero-order chi connectivity index (χ0) is 20.7. The quantitative estimate of drug-likeness (QED) is 0.555. The van der Waals surface area contributed by atoms with Gasteiger partial charge in [0.2, 0.25) is 11.8 Å². The largest absolute Gasteiger partial charge is 0.492 e. The molecule has 0 unspecified atom stereocenters. The molecule has 0 spiro atoms. The molecular formula is C21H24Cl2N2O3. The van der Waals surface area contributed by atoms with Crippen molar-refractivity contribution in [3.63, 3.8) is 0 Å². The molecule has 28 heavy (non-hydrogen) atoms. The molecule has 2 N–H and O–H groups in total. The Morgan fingerprint density at radius 3 is 2.32 bits per heavy atom. The van der Waals surface area contributed by atoms with Gasteiger partial charge in [-0.15, -0.1) is 0 Å². The van der Waals surface area contributed by atoms with Crippen LogP contribution in [0.5, 0.6) is 5.75 Å². The van der Waals surface area contributed by atoms with Crippen LogP contribution >= 0.6 is 23.2 Å². The van der Waals surface area contributed by atoms with Crippen LogP contribution in [0.25, 0.3) is 0 Å². The van der Waals surface area contributed by atoms with Crippen molar-refractivity contribution in [2.45, 2.75) is 33.6 Å². The molecule has 2 aromatic rings. The van der Waals surface area contributed by atoms with Crippen molar-refractivity contribution in [3.8, 4) is 5.75 Å². The third kappa shape index (κ3) is 7.06.